The second kappa shape index (κ2) is 8.04. The number of sulfonamides is 1. The number of morpholine rings is 1. The lowest BCUT2D eigenvalue weighted by atomic mass is 10.3. The highest BCUT2D eigenvalue weighted by molar-refractivity contribution is 7.89. The molecule has 23 heavy (non-hydrogen) atoms. The maximum atomic E-state index is 12.2. The van der Waals surface area contributed by atoms with E-state index in [0.29, 0.717) is 31.3 Å². The Bertz CT molecular complexity index is 632. The lowest BCUT2D eigenvalue weighted by Crippen LogP contribution is -2.56. The van der Waals surface area contributed by atoms with Crippen molar-refractivity contribution in [2.45, 2.75) is 10.9 Å². The van der Waals surface area contributed by atoms with Crippen molar-refractivity contribution < 1.29 is 23.1 Å². The molecule has 1 unspecified atom stereocenters. The van der Waals surface area contributed by atoms with Crippen LogP contribution in [0.3, 0.4) is 0 Å². The third kappa shape index (κ3) is 5.13. The molecule has 1 fully saturated rings. The summed E-state index contributed by atoms with van der Waals surface area (Å²) < 4.78 is 31.8. The van der Waals surface area contributed by atoms with Crippen molar-refractivity contribution in [2.75, 3.05) is 32.9 Å². The van der Waals surface area contributed by atoms with E-state index in [4.69, 9.17) is 16.3 Å². The van der Waals surface area contributed by atoms with Crippen LogP contribution < -0.4 is 10.1 Å². The van der Waals surface area contributed by atoms with Crippen LogP contribution >= 0.6 is 11.6 Å². The molecule has 1 saturated heterocycles. The first kappa shape index (κ1) is 18.1. The van der Waals surface area contributed by atoms with E-state index in [2.05, 4.69) is 10.1 Å². The lowest BCUT2D eigenvalue weighted by Gasteiger charge is -2.28. The third-order valence-corrected chi connectivity index (χ3v) is 4.94. The maximum absolute atomic E-state index is 12.2. The van der Waals surface area contributed by atoms with Gasteiger partial charge in [-0.1, -0.05) is 11.6 Å². The first-order chi connectivity index (χ1) is 10.9. The van der Waals surface area contributed by atoms with Crippen molar-refractivity contribution >= 4 is 27.5 Å². The number of aliphatic hydroxyl groups excluding tert-OH is 1. The summed E-state index contributed by atoms with van der Waals surface area (Å²) in [6.07, 6.45) is 0. The van der Waals surface area contributed by atoms with Gasteiger partial charge in [-0.05, 0) is 24.3 Å². The van der Waals surface area contributed by atoms with Crippen molar-refractivity contribution in [1.82, 2.24) is 15.2 Å². The average molecular weight is 364 g/mol. The van der Waals surface area contributed by atoms with Gasteiger partial charge in [0.2, 0.25) is 10.0 Å². The summed E-state index contributed by atoms with van der Waals surface area (Å²) in [4.78, 5) is 12.1. The quantitative estimate of drug-likeness (QED) is 0.619. The molecular formula is C13H18ClN3O5S. The minimum Gasteiger partial charge on any atom is -0.394 e. The average Bonchev–Trinajstić information content (AvgIpc) is 2.54. The van der Waals surface area contributed by atoms with E-state index in [1.54, 1.807) is 5.01 Å². The van der Waals surface area contributed by atoms with E-state index >= 15 is 0 Å². The summed E-state index contributed by atoms with van der Waals surface area (Å²) in [5.41, 5.74) is 2.56. The smallest absolute Gasteiger partial charge is 0.254 e. The molecule has 1 aromatic carbocycles. The van der Waals surface area contributed by atoms with Gasteiger partial charge in [0.15, 0.2) is 0 Å². The summed E-state index contributed by atoms with van der Waals surface area (Å²) in [5, 5.41) is 11.3. The van der Waals surface area contributed by atoms with Gasteiger partial charge in [-0.3, -0.25) is 10.2 Å². The van der Waals surface area contributed by atoms with Crippen molar-refractivity contribution in [3.8, 4) is 0 Å². The second-order valence-electron chi connectivity index (χ2n) is 4.89. The Labute approximate surface area is 139 Å². The molecule has 1 heterocycles. The number of aliphatic hydroxyl groups is 1. The van der Waals surface area contributed by atoms with Gasteiger partial charge in [0.25, 0.3) is 5.91 Å². The number of ether oxygens (including phenoxy) is 1. The number of halogens is 1. The number of hydrogen-bond acceptors (Lipinski definition) is 6. The molecule has 1 atom stereocenters. The molecule has 10 heteroatoms. The highest BCUT2D eigenvalue weighted by atomic mass is 35.5. The van der Waals surface area contributed by atoms with E-state index in [1.807, 2.05) is 0 Å². The van der Waals surface area contributed by atoms with Gasteiger partial charge >= 0.3 is 0 Å². The van der Waals surface area contributed by atoms with E-state index in [-0.39, 0.29) is 4.90 Å². The molecule has 1 aromatic rings. The van der Waals surface area contributed by atoms with Crippen LogP contribution in [0, 0.1) is 0 Å². The highest BCUT2D eigenvalue weighted by Crippen LogP contribution is 2.14. The second-order valence-corrected chi connectivity index (χ2v) is 7.04. The summed E-state index contributed by atoms with van der Waals surface area (Å²) >= 11 is 5.72. The van der Waals surface area contributed by atoms with Crippen LogP contribution in [0.5, 0.6) is 0 Å². The maximum Gasteiger partial charge on any atom is 0.254 e. The Morgan fingerprint density at radius 1 is 1.30 bits per heavy atom. The van der Waals surface area contributed by atoms with Crippen LogP contribution in [0.15, 0.2) is 29.2 Å². The van der Waals surface area contributed by atoms with Crippen LogP contribution in [-0.4, -0.2) is 63.4 Å². The topological polar surface area (TPSA) is 108 Å². The lowest BCUT2D eigenvalue weighted by molar-refractivity contribution is -0.130. The number of amides is 1. The molecule has 2 rings (SSSR count). The minimum absolute atomic E-state index is 0.0421. The van der Waals surface area contributed by atoms with Gasteiger partial charge < -0.3 is 9.84 Å². The zero-order valence-electron chi connectivity index (χ0n) is 12.2. The van der Waals surface area contributed by atoms with Crippen LogP contribution in [0.2, 0.25) is 5.02 Å². The zero-order chi connectivity index (χ0) is 16.9. The van der Waals surface area contributed by atoms with E-state index in [1.165, 1.54) is 24.3 Å². The molecule has 3 N–H and O–H groups in total. The molecule has 0 aromatic heterocycles. The normalized spacial score (nSPS) is 17.7. The van der Waals surface area contributed by atoms with Crippen LogP contribution in [0.4, 0.5) is 0 Å². The fraction of sp³-hybridized carbons (Fsp3) is 0.462. The third-order valence-electron chi connectivity index (χ3n) is 3.20. The first-order valence-electron chi connectivity index (χ1n) is 6.94. The fourth-order valence-electron chi connectivity index (χ4n) is 1.95. The summed E-state index contributed by atoms with van der Waals surface area (Å²) in [6, 6.07) is 4.20. The minimum atomic E-state index is -3.95. The van der Waals surface area contributed by atoms with E-state index in [9.17, 15) is 18.3 Å². The SMILES string of the molecule is O=C(NN1CCOCC1)C(CO)NS(=O)(=O)c1ccc(Cl)cc1. The van der Waals surface area contributed by atoms with Crippen LogP contribution in [-0.2, 0) is 19.6 Å². The van der Waals surface area contributed by atoms with Crippen LogP contribution in [0.1, 0.15) is 0 Å². The number of nitrogens with zero attached hydrogens (tertiary/aromatic N) is 1. The van der Waals surface area contributed by atoms with Crippen molar-refractivity contribution in [1.29, 1.82) is 0 Å². The molecule has 0 bridgehead atoms. The summed E-state index contributed by atoms with van der Waals surface area (Å²) in [7, 11) is -3.95. The standard InChI is InChI=1S/C13H18ClN3O5S/c14-10-1-3-11(4-2-10)23(20,21)16-12(9-18)13(19)15-17-5-7-22-8-6-17/h1-4,12,16,18H,5-9H2,(H,15,19). The van der Waals surface area contributed by atoms with Gasteiger partial charge in [0, 0.05) is 18.1 Å². The van der Waals surface area contributed by atoms with Gasteiger partial charge in [0.05, 0.1) is 24.7 Å². The Hall–Kier alpha value is -1.23. The van der Waals surface area contributed by atoms with Gasteiger partial charge in [-0.2, -0.15) is 4.72 Å². The Kier molecular flexibility index (Phi) is 6.33. The molecule has 0 spiro atoms. The van der Waals surface area contributed by atoms with Crippen molar-refractivity contribution in [2.24, 2.45) is 0 Å². The van der Waals surface area contributed by atoms with Gasteiger partial charge in [-0.15, -0.1) is 0 Å². The number of hydrazine groups is 1. The molecule has 1 aliphatic heterocycles. The predicted molar refractivity (Wildman–Crippen MR) is 83.2 cm³/mol. The number of hydrogen-bond donors (Lipinski definition) is 3. The summed E-state index contributed by atoms with van der Waals surface area (Å²) in [6.45, 7) is 1.27. The molecule has 1 aliphatic rings. The Balaban J connectivity index is 2.02. The number of benzene rings is 1. The zero-order valence-corrected chi connectivity index (χ0v) is 13.8. The Morgan fingerprint density at radius 2 is 1.91 bits per heavy atom. The monoisotopic (exact) mass is 363 g/mol. The first-order valence-corrected chi connectivity index (χ1v) is 8.80. The fourth-order valence-corrected chi connectivity index (χ4v) is 3.26. The molecule has 0 radical (unpaired) electrons. The molecule has 128 valence electrons. The predicted octanol–water partition coefficient (Wildman–Crippen LogP) is -0.657. The van der Waals surface area contributed by atoms with Gasteiger partial charge in [0.1, 0.15) is 6.04 Å². The number of rotatable bonds is 6. The van der Waals surface area contributed by atoms with E-state index in [0.717, 1.165) is 0 Å². The molecule has 1 amide bonds. The van der Waals surface area contributed by atoms with E-state index < -0.39 is 28.6 Å². The molecule has 8 nitrogen and oxygen atoms in total. The largest absolute Gasteiger partial charge is 0.394 e. The van der Waals surface area contributed by atoms with Crippen LogP contribution in [0.25, 0.3) is 0 Å². The van der Waals surface area contributed by atoms with Crippen molar-refractivity contribution in [3.05, 3.63) is 29.3 Å². The highest BCUT2D eigenvalue weighted by Gasteiger charge is 2.26. The molecule has 0 saturated carbocycles. The van der Waals surface area contributed by atoms with Crippen molar-refractivity contribution in [3.63, 3.8) is 0 Å². The Morgan fingerprint density at radius 3 is 2.48 bits per heavy atom. The number of nitrogens with one attached hydrogen (secondary N) is 2. The van der Waals surface area contributed by atoms with Gasteiger partial charge in [-0.25, -0.2) is 13.4 Å². The number of carbonyl (C=O) groups is 1. The molecule has 0 aliphatic carbocycles. The molecular weight excluding hydrogens is 346 g/mol. The summed E-state index contributed by atoms with van der Waals surface area (Å²) in [5.74, 6) is -0.632. The number of carbonyl (C=O) groups excluding carboxylic acids is 1.